The van der Waals surface area contributed by atoms with Gasteiger partial charge >= 0.3 is 0 Å². The Morgan fingerprint density at radius 3 is 1.79 bits per heavy atom. The molecule has 1 N–H and O–H groups in total. The molecule has 0 saturated heterocycles. The quantitative estimate of drug-likeness (QED) is 0.314. The first-order valence-electron chi connectivity index (χ1n) is 12.6. The number of ether oxygens (including phenoxy) is 1. The van der Waals surface area contributed by atoms with Crippen molar-refractivity contribution in [1.29, 1.82) is 0 Å². The fraction of sp³-hybridized carbons (Fsp3) is 0.161. The van der Waals surface area contributed by atoms with Gasteiger partial charge < -0.3 is 19.0 Å². The summed E-state index contributed by atoms with van der Waals surface area (Å²) in [5.41, 5.74) is 4.72. The van der Waals surface area contributed by atoms with Gasteiger partial charge in [-0.15, -0.1) is 0 Å². The third-order valence-electron chi connectivity index (χ3n) is 7.28. The number of benzene rings is 3. The summed E-state index contributed by atoms with van der Waals surface area (Å²) in [6.07, 6.45) is 3.73. The van der Waals surface area contributed by atoms with Gasteiger partial charge in [0.2, 0.25) is 0 Å². The first-order valence-corrected chi connectivity index (χ1v) is 12.6. The van der Waals surface area contributed by atoms with E-state index in [1.807, 2.05) is 79.0 Å². The molecule has 0 unspecified atom stereocenters. The van der Waals surface area contributed by atoms with Crippen molar-refractivity contribution in [2.24, 2.45) is 0 Å². The van der Waals surface area contributed by atoms with E-state index in [1.165, 1.54) is 4.90 Å². The molecule has 1 aliphatic rings. The number of imide groups is 1. The first-order chi connectivity index (χ1) is 18.5. The molecular formula is C31H27N3O4. The van der Waals surface area contributed by atoms with E-state index in [9.17, 15) is 14.7 Å². The van der Waals surface area contributed by atoms with E-state index in [1.54, 1.807) is 17.9 Å². The molecule has 0 saturated carbocycles. The Bertz CT molecular complexity index is 1640. The van der Waals surface area contributed by atoms with Crippen molar-refractivity contribution in [3.05, 3.63) is 102 Å². The second-order valence-corrected chi connectivity index (χ2v) is 9.31. The monoisotopic (exact) mass is 505 g/mol. The van der Waals surface area contributed by atoms with Gasteiger partial charge in [0, 0.05) is 46.4 Å². The van der Waals surface area contributed by atoms with Crippen molar-refractivity contribution >= 4 is 44.8 Å². The molecule has 3 heterocycles. The van der Waals surface area contributed by atoms with Crippen LogP contribution in [0.2, 0.25) is 0 Å². The first kappa shape index (κ1) is 23.8. The topological polar surface area (TPSA) is 76.7 Å². The van der Waals surface area contributed by atoms with Gasteiger partial charge in [-0.05, 0) is 36.8 Å². The predicted molar refractivity (Wildman–Crippen MR) is 147 cm³/mol. The van der Waals surface area contributed by atoms with Crippen LogP contribution in [0.5, 0.6) is 5.75 Å². The number of methoxy groups -OCH3 is 1. The smallest absolute Gasteiger partial charge is 0.262 e. The normalized spacial score (nSPS) is 13.9. The van der Waals surface area contributed by atoms with E-state index in [0.29, 0.717) is 22.5 Å². The Morgan fingerprint density at radius 1 is 0.737 bits per heavy atom. The molecule has 7 heteroatoms. The lowest BCUT2D eigenvalue weighted by Crippen LogP contribution is -2.31. The molecule has 2 aromatic heterocycles. The molecular weight excluding hydrogens is 478 g/mol. The molecule has 0 spiro atoms. The second-order valence-electron chi connectivity index (χ2n) is 9.31. The van der Waals surface area contributed by atoms with Crippen LogP contribution in [0, 0.1) is 0 Å². The van der Waals surface area contributed by atoms with Crippen LogP contribution in [0.15, 0.2) is 85.2 Å². The summed E-state index contributed by atoms with van der Waals surface area (Å²) in [5, 5.41) is 11.8. The SMILES string of the molecule is CCn1cc(C2=C(c3cn(CO)c4ccccc34)C(=O)N(Cc3ccc(OC)cc3)C2=O)c2ccccc21. The summed E-state index contributed by atoms with van der Waals surface area (Å²) in [4.78, 5) is 29.6. The molecule has 38 heavy (non-hydrogen) atoms. The van der Waals surface area contributed by atoms with Gasteiger partial charge in [0.25, 0.3) is 11.8 Å². The largest absolute Gasteiger partial charge is 0.497 e. The van der Waals surface area contributed by atoms with Gasteiger partial charge in [0.05, 0.1) is 30.3 Å². The minimum absolute atomic E-state index is 0.139. The predicted octanol–water partition coefficient (Wildman–Crippen LogP) is 5.05. The number of aliphatic hydroxyl groups excluding tert-OH is 1. The van der Waals surface area contributed by atoms with Gasteiger partial charge in [-0.3, -0.25) is 14.5 Å². The Morgan fingerprint density at radius 2 is 1.26 bits per heavy atom. The molecule has 5 aromatic rings. The molecule has 0 aliphatic carbocycles. The average molecular weight is 506 g/mol. The third kappa shape index (κ3) is 3.63. The van der Waals surface area contributed by atoms with Crippen LogP contribution >= 0.6 is 0 Å². The zero-order valence-electron chi connectivity index (χ0n) is 21.2. The minimum Gasteiger partial charge on any atom is -0.497 e. The van der Waals surface area contributed by atoms with Crippen molar-refractivity contribution < 1.29 is 19.4 Å². The lowest BCUT2D eigenvalue weighted by atomic mass is 9.95. The molecule has 0 atom stereocenters. The van der Waals surface area contributed by atoms with Crippen LogP contribution in [0.25, 0.3) is 33.0 Å². The number of amides is 2. The lowest BCUT2D eigenvalue weighted by molar-refractivity contribution is -0.136. The maximum atomic E-state index is 14.1. The number of aryl methyl sites for hydroxylation is 1. The highest BCUT2D eigenvalue weighted by Gasteiger charge is 2.41. The molecule has 0 radical (unpaired) electrons. The Labute approximate surface area is 219 Å². The highest BCUT2D eigenvalue weighted by atomic mass is 16.5. The fourth-order valence-electron chi connectivity index (χ4n) is 5.40. The van der Waals surface area contributed by atoms with Crippen molar-refractivity contribution in [3.8, 4) is 5.75 Å². The maximum Gasteiger partial charge on any atom is 0.262 e. The molecule has 0 bridgehead atoms. The van der Waals surface area contributed by atoms with Crippen molar-refractivity contribution in [2.75, 3.05) is 7.11 Å². The Balaban J connectivity index is 1.58. The van der Waals surface area contributed by atoms with Crippen LogP contribution in [-0.4, -0.2) is 38.1 Å². The summed E-state index contributed by atoms with van der Waals surface area (Å²) in [7, 11) is 1.60. The summed E-state index contributed by atoms with van der Waals surface area (Å²) in [5.74, 6) is 0.0205. The van der Waals surface area contributed by atoms with Gasteiger partial charge in [-0.1, -0.05) is 48.5 Å². The van der Waals surface area contributed by atoms with Crippen LogP contribution in [0.1, 0.15) is 23.6 Å². The summed E-state index contributed by atoms with van der Waals surface area (Å²) >= 11 is 0. The number of para-hydroxylation sites is 2. The van der Waals surface area contributed by atoms with Crippen LogP contribution < -0.4 is 4.74 Å². The number of hydrogen-bond donors (Lipinski definition) is 1. The van der Waals surface area contributed by atoms with E-state index in [2.05, 4.69) is 11.5 Å². The van der Waals surface area contributed by atoms with E-state index >= 15 is 0 Å². The molecule has 1 aliphatic heterocycles. The van der Waals surface area contributed by atoms with E-state index in [0.717, 1.165) is 39.5 Å². The number of nitrogens with zero attached hydrogens (tertiary/aromatic N) is 3. The highest BCUT2D eigenvalue weighted by molar-refractivity contribution is 6.50. The Hall–Kier alpha value is -4.62. The van der Waals surface area contributed by atoms with Gasteiger partial charge in [0.1, 0.15) is 12.5 Å². The minimum atomic E-state index is -0.352. The molecule has 190 valence electrons. The van der Waals surface area contributed by atoms with Crippen molar-refractivity contribution in [2.45, 2.75) is 26.7 Å². The molecule has 0 fully saturated rings. The summed E-state index contributed by atoms with van der Waals surface area (Å²) in [6.45, 7) is 2.68. The van der Waals surface area contributed by atoms with Crippen LogP contribution in [-0.2, 0) is 29.4 Å². The van der Waals surface area contributed by atoms with Crippen LogP contribution in [0.3, 0.4) is 0 Å². The fourth-order valence-corrected chi connectivity index (χ4v) is 5.40. The lowest BCUT2D eigenvalue weighted by Gasteiger charge is -2.15. The average Bonchev–Trinajstić information content (AvgIpc) is 3.59. The van der Waals surface area contributed by atoms with E-state index in [-0.39, 0.29) is 25.1 Å². The highest BCUT2D eigenvalue weighted by Crippen LogP contribution is 2.42. The molecule has 6 rings (SSSR count). The third-order valence-corrected chi connectivity index (χ3v) is 7.28. The summed E-state index contributed by atoms with van der Waals surface area (Å²) in [6, 6.07) is 22.9. The molecule has 3 aromatic carbocycles. The van der Waals surface area contributed by atoms with Crippen molar-refractivity contribution in [3.63, 3.8) is 0 Å². The van der Waals surface area contributed by atoms with Gasteiger partial charge in [0.15, 0.2) is 0 Å². The van der Waals surface area contributed by atoms with E-state index in [4.69, 9.17) is 4.74 Å². The zero-order chi connectivity index (χ0) is 26.4. The number of carbonyl (C=O) groups is 2. The molecule has 2 amide bonds. The number of aliphatic hydroxyl groups is 1. The number of rotatable bonds is 7. The van der Waals surface area contributed by atoms with Gasteiger partial charge in [-0.2, -0.15) is 0 Å². The van der Waals surface area contributed by atoms with Crippen LogP contribution in [0.4, 0.5) is 0 Å². The number of hydrogen-bond acceptors (Lipinski definition) is 4. The number of aromatic nitrogens is 2. The van der Waals surface area contributed by atoms with E-state index < -0.39 is 0 Å². The van der Waals surface area contributed by atoms with Gasteiger partial charge in [-0.25, -0.2) is 0 Å². The second kappa shape index (κ2) is 9.36. The summed E-state index contributed by atoms with van der Waals surface area (Å²) < 4.78 is 9.04. The number of carbonyl (C=O) groups excluding carboxylic acids is 2. The number of fused-ring (bicyclic) bond motifs is 2. The molecule has 7 nitrogen and oxygen atoms in total. The Kier molecular flexibility index (Phi) is 5.85. The standard InChI is InChI=1S/C31H27N3O4/c1-3-32-17-24(22-8-4-6-10-26(22)32)28-29(25-18-33(19-35)27-11-7-5-9-23(25)27)31(37)34(30(28)36)16-20-12-14-21(38-2)15-13-20/h4-15,17-18,35H,3,16,19H2,1-2H3. The zero-order valence-corrected chi connectivity index (χ0v) is 21.2. The maximum absolute atomic E-state index is 14.1. The van der Waals surface area contributed by atoms with Crippen molar-refractivity contribution in [1.82, 2.24) is 14.0 Å².